The van der Waals surface area contributed by atoms with Crippen molar-refractivity contribution in [1.82, 2.24) is 9.88 Å². The number of nitrogens with zero attached hydrogens (tertiary/aromatic N) is 2. The normalized spacial score (nSPS) is 14.2. The molecule has 0 aliphatic rings. The van der Waals surface area contributed by atoms with Crippen LogP contribution in [-0.2, 0) is 11.3 Å². The number of nitrogens with two attached hydrogens (primary N) is 1. The molecular formula is C13H21N3O. The van der Waals surface area contributed by atoms with Crippen molar-refractivity contribution in [2.75, 3.05) is 7.05 Å². The Morgan fingerprint density at radius 3 is 2.65 bits per heavy atom. The zero-order valence-electron chi connectivity index (χ0n) is 11.0. The lowest BCUT2D eigenvalue weighted by atomic mass is 10.0. The Balaban J connectivity index is 2.66. The smallest absolute Gasteiger partial charge is 0.227 e. The van der Waals surface area contributed by atoms with Crippen molar-refractivity contribution in [2.45, 2.75) is 33.4 Å². The number of aromatic nitrogens is 1. The third kappa shape index (κ3) is 3.82. The fourth-order valence-electron chi connectivity index (χ4n) is 1.58. The SMILES string of the molecule is Cc1cccc(CN(C)C(=O)C(C)C(C)N)n1. The topological polar surface area (TPSA) is 59.2 Å². The van der Waals surface area contributed by atoms with E-state index < -0.39 is 0 Å². The van der Waals surface area contributed by atoms with Crippen LogP contribution in [0.4, 0.5) is 0 Å². The third-order valence-corrected chi connectivity index (χ3v) is 2.90. The van der Waals surface area contributed by atoms with Crippen LogP contribution >= 0.6 is 0 Å². The number of amides is 1. The molecule has 1 heterocycles. The number of carbonyl (C=O) groups excluding carboxylic acids is 1. The molecular weight excluding hydrogens is 214 g/mol. The van der Waals surface area contributed by atoms with Crippen LogP contribution in [0.3, 0.4) is 0 Å². The molecule has 0 bridgehead atoms. The summed E-state index contributed by atoms with van der Waals surface area (Å²) in [6, 6.07) is 5.68. The van der Waals surface area contributed by atoms with Gasteiger partial charge >= 0.3 is 0 Å². The molecule has 1 aromatic rings. The fraction of sp³-hybridized carbons (Fsp3) is 0.538. The molecule has 1 rings (SSSR count). The van der Waals surface area contributed by atoms with Crippen molar-refractivity contribution in [3.8, 4) is 0 Å². The first-order chi connectivity index (χ1) is 7.91. The van der Waals surface area contributed by atoms with E-state index in [4.69, 9.17) is 5.73 Å². The third-order valence-electron chi connectivity index (χ3n) is 2.90. The summed E-state index contributed by atoms with van der Waals surface area (Å²) in [5, 5.41) is 0. The lowest BCUT2D eigenvalue weighted by molar-refractivity contribution is -0.134. The van der Waals surface area contributed by atoms with Gasteiger partial charge in [-0.05, 0) is 26.0 Å². The number of pyridine rings is 1. The van der Waals surface area contributed by atoms with Crippen LogP contribution in [0.15, 0.2) is 18.2 Å². The van der Waals surface area contributed by atoms with Gasteiger partial charge in [-0.25, -0.2) is 0 Å². The molecule has 0 fully saturated rings. The first-order valence-corrected chi connectivity index (χ1v) is 5.85. The summed E-state index contributed by atoms with van der Waals surface area (Å²) in [6.45, 7) is 6.17. The van der Waals surface area contributed by atoms with Crippen LogP contribution in [0.5, 0.6) is 0 Å². The molecule has 0 aromatic carbocycles. The highest BCUT2D eigenvalue weighted by atomic mass is 16.2. The molecule has 1 amide bonds. The van der Waals surface area contributed by atoms with Gasteiger partial charge in [0.15, 0.2) is 0 Å². The van der Waals surface area contributed by atoms with Gasteiger partial charge in [-0.3, -0.25) is 9.78 Å². The van der Waals surface area contributed by atoms with Gasteiger partial charge < -0.3 is 10.6 Å². The van der Waals surface area contributed by atoms with Crippen molar-refractivity contribution >= 4 is 5.91 Å². The highest BCUT2D eigenvalue weighted by molar-refractivity contribution is 5.78. The van der Waals surface area contributed by atoms with Gasteiger partial charge in [0, 0.05) is 18.8 Å². The molecule has 0 aliphatic carbocycles. The van der Waals surface area contributed by atoms with Crippen LogP contribution in [0.2, 0.25) is 0 Å². The summed E-state index contributed by atoms with van der Waals surface area (Å²) in [7, 11) is 1.78. The van der Waals surface area contributed by atoms with Crippen molar-refractivity contribution in [2.24, 2.45) is 11.7 Å². The van der Waals surface area contributed by atoms with Gasteiger partial charge in [-0.15, -0.1) is 0 Å². The van der Waals surface area contributed by atoms with Crippen molar-refractivity contribution in [1.29, 1.82) is 0 Å². The maximum Gasteiger partial charge on any atom is 0.227 e. The Bertz CT molecular complexity index is 390. The zero-order valence-corrected chi connectivity index (χ0v) is 11.0. The average molecular weight is 235 g/mol. The highest BCUT2D eigenvalue weighted by Gasteiger charge is 2.20. The van der Waals surface area contributed by atoms with Crippen molar-refractivity contribution in [3.63, 3.8) is 0 Å². The highest BCUT2D eigenvalue weighted by Crippen LogP contribution is 2.08. The van der Waals surface area contributed by atoms with Gasteiger partial charge in [0.05, 0.1) is 18.2 Å². The van der Waals surface area contributed by atoms with E-state index >= 15 is 0 Å². The first kappa shape index (κ1) is 13.6. The number of aryl methyl sites for hydroxylation is 1. The van der Waals surface area contributed by atoms with E-state index in [0.717, 1.165) is 11.4 Å². The van der Waals surface area contributed by atoms with E-state index in [0.29, 0.717) is 6.54 Å². The van der Waals surface area contributed by atoms with E-state index in [1.165, 1.54) is 0 Å². The Morgan fingerprint density at radius 2 is 2.12 bits per heavy atom. The molecule has 1 aromatic heterocycles. The molecule has 2 unspecified atom stereocenters. The monoisotopic (exact) mass is 235 g/mol. The minimum absolute atomic E-state index is 0.0586. The van der Waals surface area contributed by atoms with Gasteiger partial charge in [0.25, 0.3) is 0 Å². The largest absolute Gasteiger partial charge is 0.340 e. The van der Waals surface area contributed by atoms with Gasteiger partial charge in [-0.1, -0.05) is 13.0 Å². The summed E-state index contributed by atoms with van der Waals surface area (Å²) in [6.07, 6.45) is 0. The quantitative estimate of drug-likeness (QED) is 0.856. The molecule has 0 saturated carbocycles. The van der Waals surface area contributed by atoms with E-state index in [1.807, 2.05) is 39.0 Å². The minimum Gasteiger partial charge on any atom is -0.340 e. The molecule has 2 atom stereocenters. The number of rotatable bonds is 4. The van der Waals surface area contributed by atoms with Gasteiger partial charge in [-0.2, -0.15) is 0 Å². The van der Waals surface area contributed by atoms with E-state index in [-0.39, 0.29) is 17.9 Å². The molecule has 2 N–H and O–H groups in total. The second kappa shape index (κ2) is 5.77. The van der Waals surface area contributed by atoms with Gasteiger partial charge in [0.1, 0.15) is 0 Å². The molecule has 0 saturated heterocycles. The Labute approximate surface area is 103 Å². The maximum atomic E-state index is 12.0. The predicted molar refractivity (Wildman–Crippen MR) is 68.3 cm³/mol. The van der Waals surface area contributed by atoms with Crippen molar-refractivity contribution in [3.05, 3.63) is 29.6 Å². The van der Waals surface area contributed by atoms with Crippen LogP contribution in [0.25, 0.3) is 0 Å². The summed E-state index contributed by atoms with van der Waals surface area (Å²) in [5.41, 5.74) is 7.59. The lowest BCUT2D eigenvalue weighted by Crippen LogP contribution is -2.39. The summed E-state index contributed by atoms with van der Waals surface area (Å²) in [5.74, 6) is -0.104. The average Bonchev–Trinajstić information content (AvgIpc) is 2.26. The number of hydrogen-bond donors (Lipinski definition) is 1. The lowest BCUT2D eigenvalue weighted by Gasteiger charge is -2.23. The minimum atomic E-state index is -0.162. The Morgan fingerprint density at radius 1 is 1.47 bits per heavy atom. The van der Waals surface area contributed by atoms with E-state index in [2.05, 4.69) is 4.98 Å². The number of hydrogen-bond acceptors (Lipinski definition) is 3. The second-order valence-electron chi connectivity index (χ2n) is 4.61. The van der Waals surface area contributed by atoms with E-state index in [1.54, 1.807) is 11.9 Å². The molecule has 0 aliphatic heterocycles. The van der Waals surface area contributed by atoms with Crippen molar-refractivity contribution < 1.29 is 4.79 Å². The second-order valence-corrected chi connectivity index (χ2v) is 4.61. The van der Waals surface area contributed by atoms with Crippen LogP contribution in [0, 0.1) is 12.8 Å². The molecule has 4 nitrogen and oxygen atoms in total. The number of carbonyl (C=O) groups is 1. The van der Waals surface area contributed by atoms with Crippen LogP contribution in [0.1, 0.15) is 25.2 Å². The first-order valence-electron chi connectivity index (χ1n) is 5.85. The Hall–Kier alpha value is -1.42. The fourth-order valence-corrected chi connectivity index (χ4v) is 1.58. The Kier molecular flexibility index (Phi) is 4.63. The zero-order chi connectivity index (χ0) is 13.0. The molecule has 4 heteroatoms. The maximum absolute atomic E-state index is 12.0. The summed E-state index contributed by atoms with van der Waals surface area (Å²) < 4.78 is 0. The van der Waals surface area contributed by atoms with Crippen LogP contribution < -0.4 is 5.73 Å². The summed E-state index contributed by atoms with van der Waals surface area (Å²) >= 11 is 0. The standard InChI is InChI=1S/C13H21N3O/c1-9-6-5-7-12(15-9)8-16(4)13(17)10(2)11(3)14/h5-7,10-11H,8,14H2,1-4H3. The molecule has 0 spiro atoms. The van der Waals surface area contributed by atoms with E-state index in [9.17, 15) is 4.79 Å². The van der Waals surface area contributed by atoms with Crippen LogP contribution in [-0.4, -0.2) is 28.9 Å². The predicted octanol–water partition coefficient (Wildman–Crippen LogP) is 1.33. The molecule has 94 valence electrons. The molecule has 0 radical (unpaired) electrons. The molecule has 17 heavy (non-hydrogen) atoms. The van der Waals surface area contributed by atoms with Gasteiger partial charge in [0.2, 0.25) is 5.91 Å². The summed E-state index contributed by atoms with van der Waals surface area (Å²) in [4.78, 5) is 18.0.